The maximum Gasteiger partial charge on any atom is 0.416 e. The monoisotopic (exact) mass is 419 g/mol. The van der Waals surface area contributed by atoms with Gasteiger partial charge in [0.15, 0.2) is 0 Å². The van der Waals surface area contributed by atoms with Crippen LogP contribution in [0.2, 0.25) is 10.0 Å². The Kier molecular flexibility index (Phi) is 4.99. The third kappa shape index (κ3) is 3.43. The summed E-state index contributed by atoms with van der Waals surface area (Å²) >= 11 is 18.0. The van der Waals surface area contributed by atoms with Crippen molar-refractivity contribution >= 4 is 50.9 Å². The number of hydrogen-bond donors (Lipinski definition) is 0. The van der Waals surface area contributed by atoms with E-state index >= 15 is 0 Å². The standard InChI is InChI=1S/C18H11Cl3F3NO/c1-25-11(6-9-2-3-10(7-15(9)25)18(22,23)24)8-13-14(19)5-4-12(16(13)20)17(21)26/h2-7H,8H2,1H3. The van der Waals surface area contributed by atoms with E-state index in [1.54, 1.807) is 17.7 Å². The van der Waals surface area contributed by atoms with Crippen molar-refractivity contribution in [2.24, 2.45) is 7.05 Å². The maximum absolute atomic E-state index is 12.9. The molecule has 2 aromatic carbocycles. The van der Waals surface area contributed by atoms with E-state index in [2.05, 4.69) is 0 Å². The van der Waals surface area contributed by atoms with Crippen LogP contribution >= 0.6 is 34.8 Å². The number of carbonyl (C=O) groups is 1. The van der Waals surface area contributed by atoms with Crippen LogP contribution in [0.3, 0.4) is 0 Å². The Morgan fingerprint density at radius 3 is 2.42 bits per heavy atom. The van der Waals surface area contributed by atoms with Crippen molar-refractivity contribution in [1.29, 1.82) is 0 Å². The molecule has 136 valence electrons. The molecule has 0 unspecified atom stereocenters. The number of hydrogen-bond acceptors (Lipinski definition) is 1. The van der Waals surface area contributed by atoms with E-state index in [4.69, 9.17) is 34.8 Å². The Labute approximate surface area is 162 Å². The minimum atomic E-state index is -4.42. The summed E-state index contributed by atoms with van der Waals surface area (Å²) in [7, 11) is 1.66. The highest BCUT2D eigenvalue weighted by molar-refractivity contribution is 6.68. The Balaban J connectivity index is 2.09. The van der Waals surface area contributed by atoms with Crippen molar-refractivity contribution < 1.29 is 18.0 Å². The predicted molar refractivity (Wildman–Crippen MR) is 97.4 cm³/mol. The lowest BCUT2D eigenvalue weighted by Gasteiger charge is -2.11. The van der Waals surface area contributed by atoms with Crippen LogP contribution in [0, 0.1) is 0 Å². The lowest BCUT2D eigenvalue weighted by molar-refractivity contribution is -0.137. The summed E-state index contributed by atoms with van der Waals surface area (Å²) in [4.78, 5) is 11.4. The molecule has 0 fully saturated rings. The van der Waals surface area contributed by atoms with E-state index in [1.807, 2.05) is 0 Å². The molecule has 3 aromatic rings. The summed E-state index contributed by atoms with van der Waals surface area (Å²) in [6, 6.07) is 8.27. The average molecular weight is 421 g/mol. The van der Waals surface area contributed by atoms with Gasteiger partial charge in [0.2, 0.25) is 0 Å². The van der Waals surface area contributed by atoms with E-state index in [-0.39, 0.29) is 17.0 Å². The van der Waals surface area contributed by atoms with E-state index in [0.29, 0.717) is 27.2 Å². The van der Waals surface area contributed by atoms with Crippen LogP contribution in [0.15, 0.2) is 36.4 Å². The summed E-state index contributed by atoms with van der Waals surface area (Å²) in [5.41, 5.74) is 1.03. The summed E-state index contributed by atoms with van der Waals surface area (Å²) in [6.45, 7) is 0. The topological polar surface area (TPSA) is 22.0 Å². The lowest BCUT2D eigenvalue weighted by Crippen LogP contribution is -2.05. The fraction of sp³-hybridized carbons (Fsp3) is 0.167. The van der Waals surface area contributed by atoms with Crippen LogP contribution in [-0.2, 0) is 19.6 Å². The molecule has 1 heterocycles. The molecule has 2 nitrogen and oxygen atoms in total. The highest BCUT2D eigenvalue weighted by Crippen LogP contribution is 2.34. The molecule has 0 radical (unpaired) electrons. The highest BCUT2D eigenvalue weighted by atomic mass is 35.5. The van der Waals surface area contributed by atoms with Crippen LogP contribution in [0.4, 0.5) is 13.2 Å². The number of aryl methyl sites for hydroxylation is 1. The van der Waals surface area contributed by atoms with Gasteiger partial charge in [-0.1, -0.05) is 29.3 Å². The first-order valence-corrected chi connectivity index (χ1v) is 8.55. The first-order chi connectivity index (χ1) is 12.1. The number of aromatic nitrogens is 1. The summed E-state index contributed by atoms with van der Waals surface area (Å²) in [6.07, 6.45) is -4.18. The second kappa shape index (κ2) is 6.80. The molecule has 0 aliphatic rings. The molecule has 0 N–H and O–H groups in total. The van der Waals surface area contributed by atoms with Gasteiger partial charge in [-0.25, -0.2) is 0 Å². The predicted octanol–water partition coefficient (Wildman–Crippen LogP) is 6.47. The third-order valence-electron chi connectivity index (χ3n) is 4.23. The van der Waals surface area contributed by atoms with Crippen LogP contribution < -0.4 is 0 Å². The van der Waals surface area contributed by atoms with Gasteiger partial charge < -0.3 is 4.57 Å². The Hall–Kier alpha value is -1.69. The molecular formula is C18H11Cl3F3NO. The van der Waals surface area contributed by atoms with Crippen molar-refractivity contribution in [3.05, 3.63) is 68.8 Å². The van der Waals surface area contributed by atoms with Gasteiger partial charge in [-0.15, -0.1) is 0 Å². The second-order valence-corrected chi connectivity index (χ2v) is 6.93. The van der Waals surface area contributed by atoms with Crippen LogP contribution in [-0.4, -0.2) is 9.81 Å². The van der Waals surface area contributed by atoms with E-state index in [0.717, 1.165) is 12.1 Å². The number of alkyl halides is 3. The molecule has 0 saturated carbocycles. The van der Waals surface area contributed by atoms with Crippen molar-refractivity contribution in [1.82, 2.24) is 4.57 Å². The largest absolute Gasteiger partial charge is 0.416 e. The first-order valence-electron chi connectivity index (χ1n) is 7.42. The molecule has 3 rings (SSSR count). The molecule has 0 aliphatic carbocycles. The van der Waals surface area contributed by atoms with Gasteiger partial charge in [0, 0.05) is 29.7 Å². The van der Waals surface area contributed by atoms with Gasteiger partial charge in [-0.3, -0.25) is 4.79 Å². The van der Waals surface area contributed by atoms with Crippen molar-refractivity contribution in [2.45, 2.75) is 12.6 Å². The van der Waals surface area contributed by atoms with E-state index < -0.39 is 17.0 Å². The molecular weight excluding hydrogens is 410 g/mol. The number of halogens is 6. The molecule has 26 heavy (non-hydrogen) atoms. The smallest absolute Gasteiger partial charge is 0.347 e. The van der Waals surface area contributed by atoms with Crippen LogP contribution in [0.5, 0.6) is 0 Å². The average Bonchev–Trinajstić information content (AvgIpc) is 2.86. The summed E-state index contributed by atoms with van der Waals surface area (Å²) in [5.74, 6) is 0. The SMILES string of the molecule is Cn1c(Cc2c(Cl)ccc(C(=O)Cl)c2Cl)cc2ccc(C(F)(F)F)cc21. The molecule has 0 spiro atoms. The van der Waals surface area contributed by atoms with Crippen LogP contribution in [0.25, 0.3) is 10.9 Å². The van der Waals surface area contributed by atoms with Crippen molar-refractivity contribution in [3.8, 4) is 0 Å². The molecule has 0 saturated heterocycles. The number of rotatable bonds is 3. The summed E-state index contributed by atoms with van der Waals surface area (Å²) < 4.78 is 40.5. The fourth-order valence-electron chi connectivity index (χ4n) is 2.83. The van der Waals surface area contributed by atoms with Gasteiger partial charge in [0.25, 0.3) is 5.24 Å². The van der Waals surface area contributed by atoms with E-state index in [9.17, 15) is 18.0 Å². The van der Waals surface area contributed by atoms with Gasteiger partial charge >= 0.3 is 6.18 Å². The third-order valence-corrected chi connectivity index (χ3v) is 5.22. The maximum atomic E-state index is 12.9. The number of carbonyl (C=O) groups excluding carboxylic acids is 1. The zero-order valence-electron chi connectivity index (χ0n) is 13.3. The molecule has 1 aromatic heterocycles. The summed E-state index contributed by atoms with van der Waals surface area (Å²) in [5, 5.41) is 0.434. The minimum Gasteiger partial charge on any atom is -0.347 e. The Bertz CT molecular complexity index is 1020. The molecule has 0 atom stereocenters. The molecule has 0 aliphatic heterocycles. The van der Waals surface area contributed by atoms with Gasteiger partial charge in [0.1, 0.15) is 0 Å². The molecule has 0 bridgehead atoms. The zero-order chi connectivity index (χ0) is 19.2. The van der Waals surface area contributed by atoms with Gasteiger partial charge in [0.05, 0.1) is 16.1 Å². The number of fused-ring (bicyclic) bond motifs is 1. The first kappa shape index (κ1) is 19.1. The van der Waals surface area contributed by atoms with Gasteiger partial charge in [-0.2, -0.15) is 13.2 Å². The normalized spacial score (nSPS) is 12.0. The molecule has 0 amide bonds. The van der Waals surface area contributed by atoms with Crippen molar-refractivity contribution in [3.63, 3.8) is 0 Å². The van der Waals surface area contributed by atoms with Crippen LogP contribution in [0.1, 0.15) is 27.2 Å². The van der Waals surface area contributed by atoms with Gasteiger partial charge in [-0.05, 0) is 52.9 Å². The lowest BCUT2D eigenvalue weighted by atomic mass is 10.1. The fourth-order valence-corrected chi connectivity index (χ4v) is 3.62. The molecule has 8 heteroatoms. The minimum absolute atomic E-state index is 0.130. The Morgan fingerprint density at radius 1 is 1.12 bits per heavy atom. The van der Waals surface area contributed by atoms with E-state index in [1.165, 1.54) is 18.2 Å². The quantitative estimate of drug-likeness (QED) is 0.445. The highest BCUT2D eigenvalue weighted by Gasteiger charge is 2.30. The Morgan fingerprint density at radius 2 is 1.81 bits per heavy atom. The zero-order valence-corrected chi connectivity index (χ0v) is 15.6. The van der Waals surface area contributed by atoms with Crippen molar-refractivity contribution in [2.75, 3.05) is 0 Å². The number of benzene rings is 2. The number of nitrogens with zero attached hydrogens (tertiary/aromatic N) is 1. The second-order valence-electron chi connectivity index (χ2n) is 5.80.